The molecule has 0 saturated carbocycles. The monoisotopic (exact) mass is 367 g/mol. The molecular formula is C15H14INO2. The molecule has 0 spiro atoms. The minimum atomic E-state index is 0.147. The van der Waals surface area contributed by atoms with E-state index in [1.165, 1.54) is 0 Å². The Balaban J connectivity index is 2.21. The van der Waals surface area contributed by atoms with Crippen LogP contribution in [0.3, 0.4) is 0 Å². The molecule has 0 amide bonds. The zero-order valence-electron chi connectivity index (χ0n) is 10.5. The summed E-state index contributed by atoms with van der Waals surface area (Å²) in [5, 5.41) is 9.62. The second-order valence-corrected chi connectivity index (χ2v) is 5.14. The van der Waals surface area contributed by atoms with Crippen molar-refractivity contribution in [3.63, 3.8) is 0 Å². The summed E-state index contributed by atoms with van der Waals surface area (Å²) >= 11 is 2.25. The molecule has 0 atom stereocenters. The van der Waals surface area contributed by atoms with Crippen LogP contribution in [-0.2, 0) is 0 Å². The predicted molar refractivity (Wildman–Crippen MR) is 85.7 cm³/mol. The molecule has 3 nitrogen and oxygen atoms in total. The van der Waals surface area contributed by atoms with Crippen LogP contribution in [0.25, 0.3) is 0 Å². The first kappa shape index (κ1) is 13.9. The molecule has 0 aromatic heterocycles. The molecule has 1 N–H and O–H groups in total. The predicted octanol–water partition coefficient (Wildman–Crippen LogP) is 4.15. The normalized spacial score (nSPS) is 10.8. The number of halogens is 1. The molecule has 0 bridgehead atoms. The zero-order valence-corrected chi connectivity index (χ0v) is 12.7. The number of aliphatic imine (C=N–C) groups is 1. The fourth-order valence-corrected chi connectivity index (χ4v) is 2.11. The molecule has 4 heteroatoms. The Hall–Kier alpha value is -1.56. The van der Waals surface area contributed by atoms with E-state index < -0.39 is 0 Å². The topological polar surface area (TPSA) is 41.8 Å². The Morgan fingerprint density at radius 3 is 2.84 bits per heavy atom. The molecule has 2 aromatic rings. The van der Waals surface area contributed by atoms with Gasteiger partial charge in [-0.2, -0.15) is 0 Å². The lowest BCUT2D eigenvalue weighted by Gasteiger charge is -2.05. The number of ether oxygens (including phenoxy) is 1. The lowest BCUT2D eigenvalue weighted by atomic mass is 10.2. The number of rotatable bonds is 4. The van der Waals surface area contributed by atoms with Crippen LogP contribution in [0.1, 0.15) is 12.5 Å². The van der Waals surface area contributed by atoms with Crippen LogP contribution >= 0.6 is 22.6 Å². The number of phenolic OH excluding ortho intramolecular Hbond substituents is 1. The van der Waals surface area contributed by atoms with Crippen LogP contribution in [0.2, 0.25) is 0 Å². The van der Waals surface area contributed by atoms with Crippen molar-refractivity contribution in [2.75, 3.05) is 6.61 Å². The van der Waals surface area contributed by atoms with Crippen LogP contribution < -0.4 is 4.74 Å². The molecule has 2 aromatic carbocycles. The van der Waals surface area contributed by atoms with E-state index in [0.717, 1.165) is 14.8 Å². The Morgan fingerprint density at radius 1 is 1.26 bits per heavy atom. The number of nitrogens with zero attached hydrogens (tertiary/aromatic N) is 1. The van der Waals surface area contributed by atoms with Gasteiger partial charge in [-0.3, -0.25) is 4.99 Å². The van der Waals surface area contributed by atoms with Crippen molar-refractivity contribution >= 4 is 34.5 Å². The average molecular weight is 367 g/mol. The van der Waals surface area contributed by atoms with E-state index in [2.05, 4.69) is 27.6 Å². The second kappa shape index (κ2) is 6.56. The van der Waals surface area contributed by atoms with Gasteiger partial charge in [-0.05, 0) is 71.5 Å². The maximum atomic E-state index is 9.62. The summed E-state index contributed by atoms with van der Waals surface area (Å²) in [6, 6.07) is 13.1. The zero-order chi connectivity index (χ0) is 13.7. The summed E-state index contributed by atoms with van der Waals surface area (Å²) in [5.74, 6) is 0.627. The van der Waals surface area contributed by atoms with Crippen molar-refractivity contribution in [3.05, 3.63) is 51.6 Å². The van der Waals surface area contributed by atoms with Gasteiger partial charge in [-0.1, -0.05) is 6.07 Å². The highest BCUT2D eigenvalue weighted by atomic mass is 127. The van der Waals surface area contributed by atoms with Crippen LogP contribution in [0.4, 0.5) is 5.69 Å². The van der Waals surface area contributed by atoms with Gasteiger partial charge in [0.25, 0.3) is 0 Å². The molecule has 0 radical (unpaired) electrons. The molecule has 2 rings (SSSR count). The summed E-state index contributed by atoms with van der Waals surface area (Å²) in [6.07, 6.45) is 1.76. The van der Waals surface area contributed by atoms with Gasteiger partial charge in [-0.25, -0.2) is 0 Å². The molecule has 98 valence electrons. The van der Waals surface area contributed by atoms with E-state index in [1.807, 2.05) is 31.2 Å². The van der Waals surface area contributed by atoms with Gasteiger partial charge in [0.15, 0.2) is 11.5 Å². The average Bonchev–Trinajstić information content (AvgIpc) is 2.40. The molecule has 19 heavy (non-hydrogen) atoms. The van der Waals surface area contributed by atoms with Crippen molar-refractivity contribution in [1.29, 1.82) is 0 Å². The van der Waals surface area contributed by atoms with Crippen molar-refractivity contribution < 1.29 is 9.84 Å². The fraction of sp³-hybridized carbons (Fsp3) is 0.133. The molecule has 0 heterocycles. The minimum Gasteiger partial charge on any atom is -0.504 e. The van der Waals surface area contributed by atoms with Crippen LogP contribution in [0, 0.1) is 3.57 Å². The maximum Gasteiger partial charge on any atom is 0.161 e. The molecular weight excluding hydrogens is 353 g/mol. The second-order valence-electron chi connectivity index (χ2n) is 3.90. The fourth-order valence-electron chi connectivity index (χ4n) is 1.59. The van der Waals surface area contributed by atoms with Crippen LogP contribution in [0.5, 0.6) is 11.5 Å². The summed E-state index contributed by atoms with van der Waals surface area (Å²) in [6.45, 7) is 2.40. The highest BCUT2D eigenvalue weighted by Gasteiger charge is 2.01. The number of aromatic hydroxyl groups is 1. The minimum absolute atomic E-state index is 0.147. The number of hydrogen-bond donors (Lipinski definition) is 1. The SMILES string of the molecule is CCOc1cc(C=Nc2cccc(I)c2)ccc1O. The third-order valence-electron chi connectivity index (χ3n) is 2.45. The van der Waals surface area contributed by atoms with E-state index in [9.17, 15) is 5.11 Å². The van der Waals surface area contributed by atoms with Crippen molar-refractivity contribution in [3.8, 4) is 11.5 Å². The first-order valence-corrected chi connectivity index (χ1v) is 7.02. The summed E-state index contributed by atoms with van der Waals surface area (Å²) < 4.78 is 6.48. The van der Waals surface area contributed by atoms with Gasteiger partial charge in [0.1, 0.15) is 0 Å². The van der Waals surface area contributed by atoms with Gasteiger partial charge < -0.3 is 9.84 Å². The van der Waals surface area contributed by atoms with E-state index in [0.29, 0.717) is 12.4 Å². The molecule has 0 fully saturated rings. The Kier molecular flexibility index (Phi) is 4.79. The Bertz CT molecular complexity index is 596. The maximum absolute atomic E-state index is 9.62. The highest BCUT2D eigenvalue weighted by molar-refractivity contribution is 14.1. The Morgan fingerprint density at radius 2 is 2.11 bits per heavy atom. The summed E-state index contributed by atoms with van der Waals surface area (Å²) in [7, 11) is 0. The third-order valence-corrected chi connectivity index (χ3v) is 3.13. The Labute approximate surface area is 126 Å². The lowest BCUT2D eigenvalue weighted by Crippen LogP contribution is -1.93. The van der Waals surface area contributed by atoms with E-state index >= 15 is 0 Å². The third kappa shape index (κ3) is 3.96. The molecule has 0 unspecified atom stereocenters. The molecule has 0 saturated heterocycles. The number of benzene rings is 2. The summed E-state index contributed by atoms with van der Waals surface area (Å²) in [4.78, 5) is 4.40. The van der Waals surface area contributed by atoms with E-state index in [1.54, 1.807) is 24.4 Å². The van der Waals surface area contributed by atoms with Crippen molar-refractivity contribution in [2.24, 2.45) is 4.99 Å². The first-order chi connectivity index (χ1) is 9.19. The van der Waals surface area contributed by atoms with Gasteiger partial charge in [0.2, 0.25) is 0 Å². The van der Waals surface area contributed by atoms with Gasteiger partial charge in [0.05, 0.1) is 12.3 Å². The van der Waals surface area contributed by atoms with Crippen molar-refractivity contribution in [2.45, 2.75) is 6.92 Å². The van der Waals surface area contributed by atoms with Crippen LogP contribution in [-0.4, -0.2) is 17.9 Å². The first-order valence-electron chi connectivity index (χ1n) is 5.94. The largest absolute Gasteiger partial charge is 0.504 e. The van der Waals surface area contributed by atoms with Crippen molar-refractivity contribution in [1.82, 2.24) is 0 Å². The lowest BCUT2D eigenvalue weighted by molar-refractivity contribution is 0.318. The van der Waals surface area contributed by atoms with Gasteiger partial charge >= 0.3 is 0 Å². The quantitative estimate of drug-likeness (QED) is 0.652. The summed E-state index contributed by atoms with van der Waals surface area (Å²) in [5.41, 5.74) is 1.79. The molecule has 0 aliphatic carbocycles. The van der Waals surface area contributed by atoms with Crippen LogP contribution in [0.15, 0.2) is 47.5 Å². The van der Waals surface area contributed by atoms with E-state index in [-0.39, 0.29) is 5.75 Å². The number of phenols is 1. The number of hydrogen-bond acceptors (Lipinski definition) is 3. The van der Waals surface area contributed by atoms with Gasteiger partial charge in [-0.15, -0.1) is 0 Å². The standard InChI is InChI=1S/C15H14INO2/c1-2-19-15-8-11(6-7-14(15)18)10-17-13-5-3-4-12(16)9-13/h3-10,18H,2H2,1H3. The van der Waals surface area contributed by atoms with E-state index in [4.69, 9.17) is 4.74 Å². The highest BCUT2D eigenvalue weighted by Crippen LogP contribution is 2.26. The van der Waals surface area contributed by atoms with Gasteiger partial charge in [0, 0.05) is 9.78 Å². The molecule has 0 aliphatic heterocycles. The molecule has 0 aliphatic rings. The smallest absolute Gasteiger partial charge is 0.161 e.